The summed E-state index contributed by atoms with van der Waals surface area (Å²) in [5.41, 5.74) is 10.5. The molecule has 0 heterocycles. The number of benzene rings is 3. The zero-order valence-electron chi connectivity index (χ0n) is 16.9. The van der Waals surface area contributed by atoms with Crippen molar-refractivity contribution in [3.63, 3.8) is 0 Å². The standard InChI is InChI=1S/C28H25N/c1-28(2)25-14-8-4-7-12-23(25)24-13-9-15-26(27(24)28)29-22-18-16-21(17-19-22)20-10-5-3-6-11-20/h3-11,13-19,29H,12H2,1-2H3. The van der Waals surface area contributed by atoms with Gasteiger partial charge in [0.1, 0.15) is 0 Å². The van der Waals surface area contributed by atoms with Crippen molar-refractivity contribution in [3.8, 4) is 11.1 Å². The molecule has 1 nitrogen and oxygen atoms in total. The minimum absolute atomic E-state index is 0.0131. The Labute approximate surface area is 173 Å². The number of nitrogens with one attached hydrogen (secondary N) is 1. The molecule has 2 aliphatic carbocycles. The molecule has 0 atom stereocenters. The molecule has 3 aromatic rings. The van der Waals surface area contributed by atoms with Gasteiger partial charge in [-0.3, -0.25) is 0 Å². The number of fused-ring (bicyclic) bond motifs is 2. The second-order valence-corrected chi connectivity index (χ2v) is 8.31. The molecule has 0 saturated heterocycles. The van der Waals surface area contributed by atoms with E-state index in [1.54, 1.807) is 0 Å². The summed E-state index contributed by atoms with van der Waals surface area (Å²) in [7, 11) is 0. The van der Waals surface area contributed by atoms with E-state index in [0.717, 1.165) is 12.1 Å². The first-order valence-corrected chi connectivity index (χ1v) is 10.3. The molecule has 1 N–H and O–H groups in total. The van der Waals surface area contributed by atoms with E-state index < -0.39 is 0 Å². The van der Waals surface area contributed by atoms with E-state index in [2.05, 4.69) is 116 Å². The third kappa shape index (κ3) is 3.03. The van der Waals surface area contributed by atoms with Crippen molar-refractivity contribution >= 4 is 16.9 Å². The van der Waals surface area contributed by atoms with Crippen LogP contribution in [0.15, 0.2) is 103 Å². The summed E-state index contributed by atoms with van der Waals surface area (Å²) in [5, 5.41) is 3.70. The van der Waals surface area contributed by atoms with Gasteiger partial charge in [0, 0.05) is 16.8 Å². The van der Waals surface area contributed by atoms with Gasteiger partial charge in [-0.25, -0.2) is 0 Å². The maximum Gasteiger partial charge on any atom is 0.0431 e. The highest BCUT2D eigenvalue weighted by Crippen LogP contribution is 2.51. The average molecular weight is 376 g/mol. The summed E-state index contributed by atoms with van der Waals surface area (Å²) in [6.07, 6.45) is 9.87. The van der Waals surface area contributed by atoms with Crippen LogP contribution in [0.2, 0.25) is 0 Å². The Hall–Kier alpha value is -3.32. The van der Waals surface area contributed by atoms with Crippen molar-refractivity contribution in [1.82, 2.24) is 0 Å². The Morgan fingerprint density at radius 1 is 0.759 bits per heavy atom. The van der Waals surface area contributed by atoms with Crippen LogP contribution >= 0.6 is 0 Å². The molecule has 0 fully saturated rings. The molecule has 0 spiro atoms. The third-order valence-corrected chi connectivity index (χ3v) is 6.12. The Morgan fingerprint density at radius 3 is 2.31 bits per heavy atom. The van der Waals surface area contributed by atoms with Gasteiger partial charge < -0.3 is 5.32 Å². The molecule has 0 saturated carbocycles. The number of anilines is 2. The quantitative estimate of drug-likeness (QED) is 0.495. The van der Waals surface area contributed by atoms with Gasteiger partial charge in [0.15, 0.2) is 0 Å². The molecule has 142 valence electrons. The molecule has 0 unspecified atom stereocenters. The van der Waals surface area contributed by atoms with Gasteiger partial charge in [-0.2, -0.15) is 0 Å². The van der Waals surface area contributed by atoms with E-state index in [-0.39, 0.29) is 5.41 Å². The van der Waals surface area contributed by atoms with Crippen molar-refractivity contribution in [3.05, 3.63) is 114 Å². The van der Waals surface area contributed by atoms with Crippen LogP contribution < -0.4 is 5.32 Å². The average Bonchev–Trinajstić information content (AvgIpc) is 2.91. The summed E-state index contributed by atoms with van der Waals surface area (Å²) >= 11 is 0. The topological polar surface area (TPSA) is 12.0 Å². The Balaban J connectivity index is 1.49. The first-order valence-electron chi connectivity index (χ1n) is 10.3. The molecule has 1 heteroatoms. The first kappa shape index (κ1) is 17.8. The fourth-order valence-corrected chi connectivity index (χ4v) is 4.72. The van der Waals surface area contributed by atoms with Gasteiger partial charge >= 0.3 is 0 Å². The fraction of sp³-hybridized carbons (Fsp3) is 0.143. The van der Waals surface area contributed by atoms with Gasteiger partial charge in [-0.15, -0.1) is 0 Å². The Bertz CT molecular complexity index is 1140. The van der Waals surface area contributed by atoms with Gasteiger partial charge in [0.2, 0.25) is 0 Å². The molecular weight excluding hydrogens is 350 g/mol. The van der Waals surface area contributed by atoms with Gasteiger partial charge in [0.05, 0.1) is 0 Å². The highest BCUT2D eigenvalue weighted by molar-refractivity contribution is 5.88. The van der Waals surface area contributed by atoms with Crippen LogP contribution in [0, 0.1) is 0 Å². The monoisotopic (exact) mass is 375 g/mol. The molecule has 0 aliphatic heterocycles. The van der Waals surface area contributed by atoms with Crippen molar-refractivity contribution in [2.24, 2.45) is 0 Å². The van der Waals surface area contributed by atoms with Crippen LogP contribution in [0.4, 0.5) is 11.4 Å². The molecule has 0 amide bonds. The molecule has 5 rings (SSSR count). The summed E-state index contributed by atoms with van der Waals surface area (Å²) in [5.74, 6) is 0. The minimum Gasteiger partial charge on any atom is -0.355 e. The maximum atomic E-state index is 3.70. The SMILES string of the molecule is CC1(C)C2=C(CC=CC=C2)c2cccc(Nc3ccc(-c4ccccc4)cc3)c21. The predicted octanol–water partition coefficient (Wildman–Crippen LogP) is 7.66. The lowest BCUT2D eigenvalue weighted by Gasteiger charge is -2.26. The summed E-state index contributed by atoms with van der Waals surface area (Å²) < 4.78 is 0. The van der Waals surface area contributed by atoms with Crippen molar-refractivity contribution < 1.29 is 0 Å². The van der Waals surface area contributed by atoms with Gasteiger partial charge in [-0.1, -0.05) is 92.7 Å². The lowest BCUT2D eigenvalue weighted by atomic mass is 9.80. The Morgan fingerprint density at radius 2 is 1.52 bits per heavy atom. The van der Waals surface area contributed by atoms with Crippen LogP contribution in [-0.2, 0) is 5.41 Å². The lowest BCUT2D eigenvalue weighted by Crippen LogP contribution is -2.18. The smallest absolute Gasteiger partial charge is 0.0431 e. The van der Waals surface area contributed by atoms with E-state index in [4.69, 9.17) is 0 Å². The molecular formula is C28H25N. The van der Waals surface area contributed by atoms with Crippen molar-refractivity contribution in [2.75, 3.05) is 5.32 Å². The van der Waals surface area contributed by atoms with Crippen LogP contribution in [0.25, 0.3) is 16.7 Å². The van der Waals surface area contributed by atoms with Crippen LogP contribution in [0.5, 0.6) is 0 Å². The van der Waals surface area contributed by atoms with E-state index in [1.165, 1.54) is 39.1 Å². The van der Waals surface area contributed by atoms with E-state index in [0.29, 0.717) is 0 Å². The number of allylic oxidation sites excluding steroid dienone is 6. The maximum absolute atomic E-state index is 3.70. The Kier molecular flexibility index (Phi) is 4.24. The van der Waals surface area contributed by atoms with Crippen LogP contribution in [-0.4, -0.2) is 0 Å². The molecule has 0 bridgehead atoms. The number of rotatable bonds is 3. The van der Waals surface area contributed by atoms with Crippen LogP contribution in [0.3, 0.4) is 0 Å². The largest absolute Gasteiger partial charge is 0.355 e. The predicted molar refractivity (Wildman–Crippen MR) is 124 cm³/mol. The second-order valence-electron chi connectivity index (χ2n) is 8.31. The summed E-state index contributed by atoms with van der Waals surface area (Å²) in [6, 6.07) is 25.9. The van der Waals surface area contributed by atoms with Crippen molar-refractivity contribution in [2.45, 2.75) is 25.7 Å². The van der Waals surface area contributed by atoms with Crippen molar-refractivity contribution in [1.29, 1.82) is 0 Å². The molecule has 0 radical (unpaired) electrons. The summed E-state index contributed by atoms with van der Waals surface area (Å²) in [4.78, 5) is 0. The van der Waals surface area contributed by atoms with E-state index in [1.807, 2.05) is 0 Å². The van der Waals surface area contributed by atoms with Gasteiger partial charge in [0.25, 0.3) is 0 Å². The highest BCUT2D eigenvalue weighted by Gasteiger charge is 2.38. The zero-order chi connectivity index (χ0) is 19.8. The summed E-state index contributed by atoms with van der Waals surface area (Å²) in [6.45, 7) is 4.68. The second kappa shape index (κ2) is 6.93. The molecule has 29 heavy (non-hydrogen) atoms. The first-order chi connectivity index (χ1) is 14.1. The highest BCUT2D eigenvalue weighted by atomic mass is 14.9. The molecule has 3 aromatic carbocycles. The van der Waals surface area contributed by atoms with E-state index >= 15 is 0 Å². The number of hydrogen-bond acceptors (Lipinski definition) is 1. The van der Waals surface area contributed by atoms with E-state index in [9.17, 15) is 0 Å². The lowest BCUT2D eigenvalue weighted by molar-refractivity contribution is 0.656. The normalized spacial score (nSPS) is 16.3. The van der Waals surface area contributed by atoms with Crippen LogP contribution in [0.1, 0.15) is 31.4 Å². The fourth-order valence-electron chi connectivity index (χ4n) is 4.72. The van der Waals surface area contributed by atoms with Gasteiger partial charge in [-0.05, 0) is 58.0 Å². The number of hydrogen-bond donors (Lipinski definition) is 1. The third-order valence-electron chi connectivity index (χ3n) is 6.12. The molecule has 2 aliphatic rings. The minimum atomic E-state index is -0.0131. The molecule has 0 aromatic heterocycles. The zero-order valence-corrected chi connectivity index (χ0v) is 16.9.